The van der Waals surface area contributed by atoms with E-state index in [-0.39, 0.29) is 41.9 Å². The molecular weight excluding hydrogens is 254 g/mol. The van der Waals surface area contributed by atoms with Crippen molar-refractivity contribution < 1.29 is 14.3 Å². The third-order valence-electron chi connectivity index (χ3n) is 4.61. The zero-order valence-corrected chi connectivity index (χ0v) is 11.1. The molecule has 1 aromatic rings. The molecule has 2 amide bonds. The number of likely N-dealkylation sites (tertiary alicyclic amines) is 1. The van der Waals surface area contributed by atoms with Gasteiger partial charge in [-0.15, -0.1) is 0 Å². The van der Waals surface area contributed by atoms with Crippen molar-refractivity contribution in [1.29, 1.82) is 0 Å². The summed E-state index contributed by atoms with van der Waals surface area (Å²) in [5.41, 5.74) is 0.982. The van der Waals surface area contributed by atoms with Gasteiger partial charge < -0.3 is 4.74 Å². The summed E-state index contributed by atoms with van der Waals surface area (Å²) < 4.78 is 5.63. The van der Waals surface area contributed by atoms with Crippen LogP contribution in [0, 0.1) is 11.8 Å². The highest BCUT2D eigenvalue weighted by Gasteiger charge is 2.61. The van der Waals surface area contributed by atoms with Crippen molar-refractivity contribution in [2.75, 3.05) is 0 Å². The van der Waals surface area contributed by atoms with Crippen molar-refractivity contribution in [3.63, 3.8) is 0 Å². The molecule has 0 aromatic heterocycles. The van der Waals surface area contributed by atoms with Gasteiger partial charge in [0.1, 0.15) is 0 Å². The summed E-state index contributed by atoms with van der Waals surface area (Å²) in [6.45, 7) is 1.91. The van der Waals surface area contributed by atoms with E-state index in [1.165, 1.54) is 4.90 Å². The maximum Gasteiger partial charge on any atom is 0.236 e. The maximum absolute atomic E-state index is 12.6. The normalized spacial score (nSPS) is 35.8. The fraction of sp³-hybridized carbons (Fsp3) is 0.375. The molecule has 2 saturated heterocycles. The molecule has 0 aliphatic carbocycles. The van der Waals surface area contributed by atoms with E-state index < -0.39 is 0 Å². The minimum Gasteiger partial charge on any atom is -0.365 e. The summed E-state index contributed by atoms with van der Waals surface area (Å²) in [7, 11) is 0. The van der Waals surface area contributed by atoms with Gasteiger partial charge in [-0.3, -0.25) is 14.5 Å². The van der Waals surface area contributed by atoms with Crippen molar-refractivity contribution in [3.05, 3.63) is 48.0 Å². The van der Waals surface area contributed by atoms with Crippen LogP contribution in [0.5, 0.6) is 0 Å². The van der Waals surface area contributed by atoms with Gasteiger partial charge in [0.2, 0.25) is 11.8 Å². The van der Waals surface area contributed by atoms with Crippen LogP contribution in [0.4, 0.5) is 0 Å². The molecule has 0 radical (unpaired) electrons. The van der Waals surface area contributed by atoms with Crippen LogP contribution in [-0.4, -0.2) is 28.9 Å². The lowest BCUT2D eigenvalue weighted by atomic mass is 9.85. The quantitative estimate of drug-likeness (QED) is 0.606. The molecular formula is C16H15NO3. The minimum atomic E-state index is -0.316. The van der Waals surface area contributed by atoms with Gasteiger partial charge in [-0.1, -0.05) is 42.5 Å². The second-order valence-corrected chi connectivity index (χ2v) is 5.63. The van der Waals surface area contributed by atoms with Crippen molar-refractivity contribution in [1.82, 2.24) is 4.90 Å². The Morgan fingerprint density at radius 2 is 1.55 bits per heavy atom. The molecule has 5 atom stereocenters. The van der Waals surface area contributed by atoms with Crippen LogP contribution in [0.2, 0.25) is 0 Å². The van der Waals surface area contributed by atoms with Crippen molar-refractivity contribution in [3.8, 4) is 0 Å². The Bertz CT molecular complexity index is 579. The number of amides is 2. The highest BCUT2D eigenvalue weighted by Crippen LogP contribution is 2.47. The first-order chi connectivity index (χ1) is 9.68. The summed E-state index contributed by atoms with van der Waals surface area (Å²) in [6.07, 6.45) is 3.39. The molecule has 2 unspecified atom stereocenters. The molecule has 4 nitrogen and oxygen atoms in total. The second kappa shape index (κ2) is 4.03. The van der Waals surface area contributed by atoms with E-state index in [0.29, 0.717) is 0 Å². The maximum atomic E-state index is 12.6. The van der Waals surface area contributed by atoms with E-state index >= 15 is 0 Å². The number of carbonyl (C=O) groups is 2. The topological polar surface area (TPSA) is 46.6 Å². The molecule has 3 aliphatic rings. The molecule has 4 heteroatoms. The van der Waals surface area contributed by atoms with Gasteiger partial charge in [-0.2, -0.15) is 0 Å². The van der Waals surface area contributed by atoms with E-state index in [0.717, 1.165) is 5.56 Å². The Morgan fingerprint density at radius 3 is 2.10 bits per heavy atom. The Hall–Kier alpha value is -1.94. The predicted molar refractivity (Wildman–Crippen MR) is 71.5 cm³/mol. The third kappa shape index (κ3) is 1.40. The molecule has 1 aromatic carbocycles. The van der Waals surface area contributed by atoms with Crippen LogP contribution in [0.3, 0.4) is 0 Å². The first-order valence-corrected chi connectivity index (χ1v) is 6.94. The summed E-state index contributed by atoms with van der Waals surface area (Å²) >= 11 is 0. The summed E-state index contributed by atoms with van der Waals surface area (Å²) in [4.78, 5) is 26.6. The van der Waals surface area contributed by atoms with E-state index in [1.54, 1.807) is 0 Å². The molecule has 20 heavy (non-hydrogen) atoms. The number of rotatable bonds is 2. The number of hydrogen-bond donors (Lipinski definition) is 0. The van der Waals surface area contributed by atoms with Gasteiger partial charge in [0.05, 0.1) is 30.1 Å². The summed E-state index contributed by atoms with van der Waals surface area (Å²) in [5.74, 6) is -0.811. The monoisotopic (exact) mass is 269 g/mol. The first kappa shape index (κ1) is 11.9. The van der Waals surface area contributed by atoms with Gasteiger partial charge in [0.25, 0.3) is 0 Å². The van der Waals surface area contributed by atoms with E-state index in [2.05, 4.69) is 0 Å². The van der Waals surface area contributed by atoms with Gasteiger partial charge in [-0.05, 0) is 12.5 Å². The summed E-state index contributed by atoms with van der Waals surface area (Å²) in [5, 5.41) is 0. The first-order valence-electron chi connectivity index (χ1n) is 6.94. The Morgan fingerprint density at radius 1 is 1.00 bits per heavy atom. The number of benzene rings is 1. The predicted octanol–water partition coefficient (Wildman–Crippen LogP) is 1.69. The molecule has 0 spiro atoms. The van der Waals surface area contributed by atoms with E-state index in [1.807, 2.05) is 49.4 Å². The molecule has 3 heterocycles. The summed E-state index contributed by atoms with van der Waals surface area (Å²) in [6, 6.07) is 9.45. The molecule has 0 saturated carbocycles. The zero-order chi connectivity index (χ0) is 13.9. The number of nitrogens with zero attached hydrogens (tertiary/aromatic N) is 1. The molecule has 2 bridgehead atoms. The van der Waals surface area contributed by atoms with Crippen LogP contribution in [-0.2, 0) is 14.3 Å². The van der Waals surface area contributed by atoms with Crippen molar-refractivity contribution in [2.24, 2.45) is 11.8 Å². The SMILES string of the molecule is C[C@@H](c1ccccc1)N1C(=O)[C@@H]2C3C=CC(O3)[C@@H]2C1=O. The highest BCUT2D eigenvalue weighted by atomic mass is 16.5. The molecule has 4 rings (SSSR count). The van der Waals surface area contributed by atoms with Crippen LogP contribution >= 0.6 is 0 Å². The molecule has 3 aliphatic heterocycles. The van der Waals surface area contributed by atoms with Crippen LogP contribution in [0.25, 0.3) is 0 Å². The number of hydrogen-bond acceptors (Lipinski definition) is 3. The number of imide groups is 1. The standard InChI is InChI=1S/C16H15NO3/c1-9(10-5-3-2-4-6-10)17-15(18)13-11-7-8-12(20-11)14(13)16(17)19/h2-9,11-14H,1H3/t9-,11?,12?,13-,14+/m0/s1. The minimum absolute atomic E-state index is 0.0896. The molecule has 0 N–H and O–H groups in total. The Kier molecular flexibility index (Phi) is 2.39. The van der Waals surface area contributed by atoms with Crippen LogP contribution in [0.1, 0.15) is 18.5 Å². The second-order valence-electron chi connectivity index (χ2n) is 5.63. The number of ether oxygens (including phenoxy) is 1. The lowest BCUT2D eigenvalue weighted by molar-refractivity contribution is -0.144. The zero-order valence-electron chi connectivity index (χ0n) is 11.1. The molecule has 102 valence electrons. The van der Waals surface area contributed by atoms with Gasteiger partial charge in [-0.25, -0.2) is 0 Å². The average molecular weight is 269 g/mol. The lowest BCUT2D eigenvalue weighted by Crippen LogP contribution is -2.36. The van der Waals surface area contributed by atoms with E-state index in [9.17, 15) is 9.59 Å². The van der Waals surface area contributed by atoms with Gasteiger partial charge >= 0.3 is 0 Å². The van der Waals surface area contributed by atoms with Crippen molar-refractivity contribution in [2.45, 2.75) is 25.2 Å². The largest absolute Gasteiger partial charge is 0.365 e. The van der Waals surface area contributed by atoms with Gasteiger partial charge in [0.15, 0.2) is 0 Å². The Labute approximate surface area is 117 Å². The lowest BCUT2D eigenvalue weighted by Gasteiger charge is -2.25. The smallest absolute Gasteiger partial charge is 0.236 e. The van der Waals surface area contributed by atoms with Crippen molar-refractivity contribution >= 4 is 11.8 Å². The van der Waals surface area contributed by atoms with Crippen LogP contribution < -0.4 is 0 Å². The fourth-order valence-electron chi connectivity index (χ4n) is 3.59. The highest BCUT2D eigenvalue weighted by molar-refractivity contribution is 6.07. The molecule has 2 fully saturated rings. The number of fused-ring (bicyclic) bond motifs is 5. The number of carbonyl (C=O) groups excluding carboxylic acids is 2. The fourth-order valence-corrected chi connectivity index (χ4v) is 3.59. The van der Waals surface area contributed by atoms with Gasteiger partial charge in [0, 0.05) is 0 Å². The van der Waals surface area contributed by atoms with Crippen LogP contribution in [0.15, 0.2) is 42.5 Å². The average Bonchev–Trinajstić information content (AvgIpc) is 3.14. The third-order valence-corrected chi connectivity index (χ3v) is 4.61. The Balaban J connectivity index is 1.68. The van der Waals surface area contributed by atoms with E-state index in [4.69, 9.17) is 4.74 Å².